The van der Waals surface area contributed by atoms with Gasteiger partial charge in [-0.25, -0.2) is 0 Å². The highest BCUT2D eigenvalue weighted by Crippen LogP contribution is 2.50. The molecule has 0 aromatic rings. The van der Waals surface area contributed by atoms with Crippen LogP contribution in [0.3, 0.4) is 0 Å². The van der Waals surface area contributed by atoms with Crippen LogP contribution in [0.25, 0.3) is 0 Å². The van der Waals surface area contributed by atoms with Gasteiger partial charge in [-0.1, -0.05) is 0 Å². The molecule has 3 rings (SSSR count). The minimum Gasteiger partial charge on any atom is -0.344 e. The van der Waals surface area contributed by atoms with Crippen LogP contribution in [0, 0.1) is 5.92 Å². The van der Waals surface area contributed by atoms with Crippen molar-refractivity contribution in [2.24, 2.45) is 5.92 Å². The molecule has 0 amide bonds. The largest absolute Gasteiger partial charge is 0.344 e. The summed E-state index contributed by atoms with van der Waals surface area (Å²) in [5, 5.41) is 0. The predicted molar refractivity (Wildman–Crippen MR) is 54.3 cm³/mol. The molecule has 0 unspecified atom stereocenters. The highest BCUT2D eigenvalue weighted by molar-refractivity contribution is 5.76. The van der Waals surface area contributed by atoms with Gasteiger partial charge in [-0.15, -0.1) is 0 Å². The lowest BCUT2D eigenvalue weighted by Gasteiger charge is -2.20. The first-order valence-electron chi connectivity index (χ1n) is 5.64. The monoisotopic (exact) mass is 208 g/mol. The van der Waals surface area contributed by atoms with Crippen molar-refractivity contribution < 1.29 is 14.3 Å². The number of ether oxygens (including phenoxy) is 2. The standard InChI is InChI=1S/C12H16O3/c1-12(2)14-9-5-7-3-4-8(6-13)10(7)11(9)15-12/h6-7,9,11H,3-5H2,1-2H3/t7-,9-,11-/m1/s1. The molecule has 3 heteroatoms. The van der Waals surface area contributed by atoms with Gasteiger partial charge in [0.2, 0.25) is 0 Å². The minimum atomic E-state index is -0.482. The van der Waals surface area contributed by atoms with Crippen LogP contribution < -0.4 is 0 Å². The normalized spacial score (nSPS) is 41.9. The van der Waals surface area contributed by atoms with Gasteiger partial charge in [0, 0.05) is 0 Å². The minimum absolute atomic E-state index is 0.0488. The number of aldehydes is 1. The molecule has 3 nitrogen and oxygen atoms in total. The molecular weight excluding hydrogens is 192 g/mol. The number of hydrogen-bond donors (Lipinski definition) is 0. The summed E-state index contributed by atoms with van der Waals surface area (Å²) in [4.78, 5) is 10.9. The predicted octanol–water partition coefficient (Wildman–Crippen LogP) is 1.82. The second-order valence-corrected chi connectivity index (χ2v) is 5.16. The van der Waals surface area contributed by atoms with Crippen molar-refractivity contribution in [2.45, 2.75) is 51.1 Å². The van der Waals surface area contributed by atoms with Crippen molar-refractivity contribution in [1.82, 2.24) is 0 Å². The van der Waals surface area contributed by atoms with Crippen molar-refractivity contribution in [3.63, 3.8) is 0 Å². The van der Waals surface area contributed by atoms with Gasteiger partial charge >= 0.3 is 0 Å². The molecule has 1 saturated carbocycles. The highest BCUT2D eigenvalue weighted by atomic mass is 16.8. The average molecular weight is 208 g/mol. The van der Waals surface area contributed by atoms with E-state index < -0.39 is 5.79 Å². The first-order valence-corrected chi connectivity index (χ1v) is 5.64. The Hall–Kier alpha value is -0.670. The lowest BCUT2D eigenvalue weighted by molar-refractivity contribution is -0.148. The maximum Gasteiger partial charge on any atom is 0.164 e. The number of fused-ring (bicyclic) bond motifs is 3. The molecule has 0 aromatic heterocycles. The summed E-state index contributed by atoms with van der Waals surface area (Å²) in [6, 6.07) is 0. The Morgan fingerprint density at radius 3 is 2.93 bits per heavy atom. The summed E-state index contributed by atoms with van der Waals surface area (Å²) in [6.45, 7) is 3.88. The van der Waals surface area contributed by atoms with E-state index in [0.29, 0.717) is 5.92 Å². The van der Waals surface area contributed by atoms with E-state index in [1.807, 2.05) is 13.8 Å². The third kappa shape index (κ3) is 1.30. The van der Waals surface area contributed by atoms with Crippen LogP contribution in [0.1, 0.15) is 33.1 Å². The number of allylic oxidation sites excluding steroid dienone is 1. The first kappa shape index (κ1) is 9.55. The van der Waals surface area contributed by atoms with Gasteiger partial charge in [0.15, 0.2) is 5.79 Å². The summed E-state index contributed by atoms with van der Waals surface area (Å²) in [5.74, 6) is 0.0560. The number of carbonyl (C=O) groups excluding carboxylic acids is 1. The third-order valence-corrected chi connectivity index (χ3v) is 3.72. The fraction of sp³-hybridized carbons (Fsp3) is 0.750. The summed E-state index contributed by atoms with van der Waals surface area (Å²) < 4.78 is 11.7. The zero-order chi connectivity index (χ0) is 10.6. The van der Waals surface area contributed by atoms with Gasteiger partial charge in [0.25, 0.3) is 0 Å². The Balaban J connectivity index is 1.95. The van der Waals surface area contributed by atoms with E-state index in [4.69, 9.17) is 9.47 Å². The smallest absolute Gasteiger partial charge is 0.164 e. The van der Waals surface area contributed by atoms with E-state index in [1.54, 1.807) is 0 Å². The molecule has 82 valence electrons. The second kappa shape index (κ2) is 2.92. The Labute approximate surface area is 89.4 Å². The van der Waals surface area contributed by atoms with Crippen LogP contribution in [0.15, 0.2) is 11.1 Å². The molecule has 1 saturated heterocycles. The molecule has 1 aliphatic heterocycles. The SMILES string of the molecule is CC1(C)O[C@@H]2C[C@H]3CCC(C=O)=C3[C@@H]2O1. The number of hydrogen-bond acceptors (Lipinski definition) is 3. The molecule has 15 heavy (non-hydrogen) atoms. The number of rotatable bonds is 1. The van der Waals surface area contributed by atoms with Gasteiger partial charge in [-0.3, -0.25) is 4.79 Å². The lowest BCUT2D eigenvalue weighted by atomic mass is 10.0. The molecule has 3 atom stereocenters. The van der Waals surface area contributed by atoms with Gasteiger partial charge in [-0.05, 0) is 50.2 Å². The van der Waals surface area contributed by atoms with Gasteiger partial charge in [0.1, 0.15) is 12.4 Å². The molecule has 3 aliphatic rings. The van der Waals surface area contributed by atoms with E-state index in [9.17, 15) is 4.79 Å². The molecule has 0 N–H and O–H groups in total. The maximum absolute atomic E-state index is 10.9. The van der Waals surface area contributed by atoms with Crippen LogP contribution in [-0.2, 0) is 14.3 Å². The fourth-order valence-corrected chi connectivity index (χ4v) is 3.23. The quantitative estimate of drug-likeness (QED) is 0.616. The zero-order valence-corrected chi connectivity index (χ0v) is 9.16. The van der Waals surface area contributed by atoms with Crippen LogP contribution in [0.4, 0.5) is 0 Å². The van der Waals surface area contributed by atoms with Crippen LogP contribution in [-0.4, -0.2) is 24.3 Å². The number of carbonyl (C=O) groups is 1. The molecule has 0 radical (unpaired) electrons. The fourth-order valence-electron chi connectivity index (χ4n) is 3.23. The first-order chi connectivity index (χ1) is 7.11. The zero-order valence-electron chi connectivity index (χ0n) is 9.16. The summed E-state index contributed by atoms with van der Waals surface area (Å²) in [5.41, 5.74) is 2.20. The lowest BCUT2D eigenvalue weighted by Crippen LogP contribution is -2.23. The van der Waals surface area contributed by atoms with Crippen molar-refractivity contribution in [3.8, 4) is 0 Å². The van der Waals surface area contributed by atoms with Gasteiger partial charge in [0.05, 0.1) is 6.10 Å². The average Bonchev–Trinajstić information content (AvgIpc) is 2.73. The Kier molecular flexibility index (Phi) is 1.86. The highest BCUT2D eigenvalue weighted by Gasteiger charge is 2.52. The Morgan fingerprint density at radius 1 is 1.40 bits per heavy atom. The van der Waals surface area contributed by atoms with E-state index in [0.717, 1.165) is 31.1 Å². The van der Waals surface area contributed by atoms with Crippen molar-refractivity contribution in [1.29, 1.82) is 0 Å². The molecule has 1 heterocycles. The van der Waals surface area contributed by atoms with Crippen molar-refractivity contribution >= 4 is 6.29 Å². The van der Waals surface area contributed by atoms with E-state index >= 15 is 0 Å². The van der Waals surface area contributed by atoms with E-state index in [-0.39, 0.29) is 12.2 Å². The van der Waals surface area contributed by atoms with E-state index in [1.165, 1.54) is 5.57 Å². The topological polar surface area (TPSA) is 35.5 Å². The van der Waals surface area contributed by atoms with Crippen molar-refractivity contribution in [3.05, 3.63) is 11.1 Å². The van der Waals surface area contributed by atoms with Crippen molar-refractivity contribution in [2.75, 3.05) is 0 Å². The maximum atomic E-state index is 10.9. The molecule has 2 aliphatic carbocycles. The van der Waals surface area contributed by atoms with E-state index in [2.05, 4.69) is 0 Å². The summed E-state index contributed by atoms with van der Waals surface area (Å²) in [6.07, 6.45) is 4.29. The molecule has 0 spiro atoms. The molecule has 0 aromatic carbocycles. The summed E-state index contributed by atoms with van der Waals surface area (Å²) in [7, 11) is 0. The molecular formula is C12H16O3. The molecule has 0 bridgehead atoms. The van der Waals surface area contributed by atoms with Crippen LogP contribution in [0.2, 0.25) is 0 Å². The van der Waals surface area contributed by atoms with Crippen LogP contribution >= 0.6 is 0 Å². The van der Waals surface area contributed by atoms with Crippen LogP contribution in [0.5, 0.6) is 0 Å². The van der Waals surface area contributed by atoms with Gasteiger partial charge < -0.3 is 9.47 Å². The molecule has 2 fully saturated rings. The third-order valence-electron chi connectivity index (χ3n) is 3.72. The van der Waals surface area contributed by atoms with Gasteiger partial charge in [-0.2, -0.15) is 0 Å². The summed E-state index contributed by atoms with van der Waals surface area (Å²) >= 11 is 0. The Bertz CT molecular complexity index is 343. The Morgan fingerprint density at radius 2 is 2.20 bits per heavy atom. The second-order valence-electron chi connectivity index (χ2n) is 5.16.